The fourth-order valence-corrected chi connectivity index (χ4v) is 2.98. The second kappa shape index (κ2) is 6.40. The second-order valence-electron chi connectivity index (χ2n) is 4.15. The monoisotopic (exact) mass is 312 g/mol. The summed E-state index contributed by atoms with van der Waals surface area (Å²) in [5.41, 5.74) is 1.28. The van der Waals surface area contributed by atoms with Crippen LogP contribution in [0.4, 0.5) is 10.5 Å². The lowest BCUT2D eigenvalue weighted by Gasteiger charge is -2.24. The van der Waals surface area contributed by atoms with Crippen molar-refractivity contribution in [3.8, 4) is 0 Å². The SMILES string of the molecule is C=CC(=O)N(c1c(C)cccc1C)S(=O)(=O)NC(=O)OC. The van der Waals surface area contributed by atoms with E-state index < -0.39 is 22.2 Å². The summed E-state index contributed by atoms with van der Waals surface area (Å²) in [6.45, 7) is 6.58. The average molecular weight is 312 g/mol. The number of carbonyl (C=O) groups excluding carboxylic acids is 2. The molecule has 0 aliphatic rings. The molecular formula is C13H16N2O5S. The Balaban J connectivity index is 3.47. The fourth-order valence-electron chi connectivity index (χ4n) is 1.75. The number of nitrogens with zero attached hydrogens (tertiary/aromatic N) is 1. The van der Waals surface area contributed by atoms with Crippen molar-refractivity contribution in [1.29, 1.82) is 0 Å². The predicted molar refractivity (Wildman–Crippen MR) is 78.1 cm³/mol. The lowest BCUT2D eigenvalue weighted by atomic mass is 10.1. The van der Waals surface area contributed by atoms with Crippen LogP contribution in [0.2, 0.25) is 0 Å². The van der Waals surface area contributed by atoms with Gasteiger partial charge in [-0.05, 0) is 31.1 Å². The maximum atomic E-state index is 12.3. The van der Waals surface area contributed by atoms with Crippen molar-refractivity contribution >= 4 is 27.9 Å². The van der Waals surface area contributed by atoms with Gasteiger partial charge in [-0.25, -0.2) is 9.52 Å². The molecule has 7 nitrogen and oxygen atoms in total. The first-order chi connectivity index (χ1) is 9.74. The van der Waals surface area contributed by atoms with Gasteiger partial charge < -0.3 is 4.74 Å². The summed E-state index contributed by atoms with van der Waals surface area (Å²) in [6.07, 6.45) is -0.342. The summed E-state index contributed by atoms with van der Waals surface area (Å²) in [7, 11) is -3.44. The molecule has 0 spiro atoms. The highest BCUT2D eigenvalue weighted by Gasteiger charge is 2.31. The number of anilines is 1. The normalized spacial score (nSPS) is 10.6. The minimum absolute atomic E-state index is 0.166. The third-order valence-electron chi connectivity index (χ3n) is 2.66. The molecule has 2 amide bonds. The molecule has 1 rings (SSSR count). The molecule has 0 radical (unpaired) electrons. The number of carbonyl (C=O) groups is 2. The first-order valence-corrected chi connectivity index (χ1v) is 7.32. The summed E-state index contributed by atoms with van der Waals surface area (Å²) in [5, 5.41) is 0. The smallest absolute Gasteiger partial charge is 0.422 e. The quantitative estimate of drug-likeness (QED) is 0.849. The van der Waals surface area contributed by atoms with Crippen molar-refractivity contribution in [3.05, 3.63) is 42.0 Å². The van der Waals surface area contributed by atoms with Crippen LogP contribution in [0, 0.1) is 13.8 Å². The Bertz CT molecular complexity index is 662. The van der Waals surface area contributed by atoms with Crippen molar-refractivity contribution in [2.24, 2.45) is 0 Å². The van der Waals surface area contributed by atoms with Gasteiger partial charge in [-0.2, -0.15) is 12.7 Å². The van der Waals surface area contributed by atoms with Crippen LogP contribution in [-0.2, 0) is 19.7 Å². The number of para-hydroxylation sites is 1. The van der Waals surface area contributed by atoms with Crippen molar-refractivity contribution in [2.45, 2.75) is 13.8 Å². The van der Waals surface area contributed by atoms with Gasteiger partial charge in [0.05, 0.1) is 12.8 Å². The van der Waals surface area contributed by atoms with Gasteiger partial charge in [-0.15, -0.1) is 0 Å². The van der Waals surface area contributed by atoms with Gasteiger partial charge in [-0.3, -0.25) is 4.79 Å². The van der Waals surface area contributed by atoms with E-state index in [2.05, 4.69) is 11.3 Å². The molecule has 0 aliphatic heterocycles. The summed E-state index contributed by atoms with van der Waals surface area (Å²) in [4.78, 5) is 23.1. The second-order valence-corrected chi connectivity index (χ2v) is 5.67. The van der Waals surface area contributed by atoms with Gasteiger partial charge in [0.25, 0.3) is 5.91 Å². The first-order valence-electron chi connectivity index (χ1n) is 5.88. The van der Waals surface area contributed by atoms with Gasteiger partial charge >= 0.3 is 16.3 Å². The Morgan fingerprint density at radius 3 is 2.24 bits per heavy atom. The van der Waals surface area contributed by atoms with E-state index in [9.17, 15) is 18.0 Å². The molecule has 8 heteroatoms. The van der Waals surface area contributed by atoms with E-state index in [0.717, 1.165) is 13.2 Å². The van der Waals surface area contributed by atoms with E-state index in [-0.39, 0.29) is 5.69 Å². The molecule has 1 aromatic rings. The molecular weight excluding hydrogens is 296 g/mol. The largest absolute Gasteiger partial charge is 0.452 e. The van der Waals surface area contributed by atoms with Crippen LogP contribution in [-0.4, -0.2) is 27.5 Å². The average Bonchev–Trinajstić information content (AvgIpc) is 2.41. The molecule has 0 saturated heterocycles. The predicted octanol–water partition coefficient (Wildman–Crippen LogP) is 1.42. The molecule has 114 valence electrons. The third kappa shape index (κ3) is 3.60. The van der Waals surface area contributed by atoms with Crippen LogP contribution in [0.5, 0.6) is 0 Å². The number of methoxy groups -OCH3 is 1. The lowest BCUT2D eigenvalue weighted by Crippen LogP contribution is -2.46. The molecule has 0 aliphatic carbocycles. The highest BCUT2D eigenvalue weighted by molar-refractivity contribution is 7.92. The fraction of sp³-hybridized carbons (Fsp3) is 0.231. The minimum Gasteiger partial charge on any atom is -0.452 e. The van der Waals surface area contributed by atoms with Gasteiger partial charge in [-0.1, -0.05) is 24.8 Å². The molecule has 0 aromatic heterocycles. The number of hydrogen-bond donors (Lipinski definition) is 1. The minimum atomic E-state index is -4.46. The Morgan fingerprint density at radius 1 is 1.29 bits per heavy atom. The zero-order valence-electron chi connectivity index (χ0n) is 11.9. The van der Waals surface area contributed by atoms with E-state index >= 15 is 0 Å². The first kappa shape index (κ1) is 16.7. The Morgan fingerprint density at radius 2 is 1.81 bits per heavy atom. The Hall–Kier alpha value is -2.35. The van der Waals surface area contributed by atoms with Gasteiger partial charge in [0.2, 0.25) is 0 Å². The van der Waals surface area contributed by atoms with Crippen molar-refractivity contribution in [2.75, 3.05) is 11.4 Å². The number of amides is 2. The maximum absolute atomic E-state index is 12.3. The van der Waals surface area contributed by atoms with Crippen LogP contribution in [0.3, 0.4) is 0 Å². The number of benzene rings is 1. The molecule has 0 atom stereocenters. The topological polar surface area (TPSA) is 92.8 Å². The molecule has 0 saturated carbocycles. The van der Waals surface area contributed by atoms with E-state index in [1.165, 1.54) is 0 Å². The molecule has 1 aromatic carbocycles. The van der Waals surface area contributed by atoms with Crippen LogP contribution < -0.4 is 9.03 Å². The number of nitrogens with one attached hydrogen (secondary N) is 1. The third-order valence-corrected chi connectivity index (χ3v) is 3.92. The number of ether oxygens (including phenoxy) is 1. The molecule has 21 heavy (non-hydrogen) atoms. The number of hydrogen-bond acceptors (Lipinski definition) is 5. The lowest BCUT2D eigenvalue weighted by molar-refractivity contribution is -0.113. The van der Waals surface area contributed by atoms with Crippen LogP contribution in [0.25, 0.3) is 0 Å². The zero-order chi connectivity index (χ0) is 16.2. The molecule has 0 bridgehead atoms. The van der Waals surface area contributed by atoms with Gasteiger partial charge in [0, 0.05) is 0 Å². The van der Waals surface area contributed by atoms with Gasteiger partial charge in [0.15, 0.2) is 0 Å². The standard InChI is InChI=1S/C13H16N2O5S/c1-5-11(16)15(21(18,19)14-13(17)20-4)12-9(2)7-6-8-10(12)3/h5-8H,1H2,2-4H3,(H,14,17). The van der Waals surface area contributed by atoms with Crippen molar-refractivity contribution < 1.29 is 22.7 Å². The molecule has 0 unspecified atom stereocenters. The Kier molecular flexibility index (Phi) is 5.09. The van der Waals surface area contributed by atoms with Crippen molar-refractivity contribution in [1.82, 2.24) is 4.72 Å². The van der Waals surface area contributed by atoms with E-state index in [1.807, 2.05) is 0 Å². The number of aryl methyl sites for hydroxylation is 2. The van der Waals surface area contributed by atoms with Gasteiger partial charge in [0.1, 0.15) is 0 Å². The van der Waals surface area contributed by atoms with E-state index in [1.54, 1.807) is 36.8 Å². The van der Waals surface area contributed by atoms with Crippen LogP contribution >= 0.6 is 0 Å². The molecule has 0 heterocycles. The highest BCUT2D eigenvalue weighted by Crippen LogP contribution is 2.27. The van der Waals surface area contributed by atoms with Crippen molar-refractivity contribution in [3.63, 3.8) is 0 Å². The Labute approximate surface area is 123 Å². The highest BCUT2D eigenvalue weighted by atomic mass is 32.2. The van der Waals surface area contributed by atoms with E-state index in [4.69, 9.17) is 0 Å². The summed E-state index contributed by atoms with van der Waals surface area (Å²) >= 11 is 0. The van der Waals surface area contributed by atoms with E-state index in [0.29, 0.717) is 15.4 Å². The molecule has 1 N–H and O–H groups in total. The van der Waals surface area contributed by atoms with Crippen LogP contribution in [0.1, 0.15) is 11.1 Å². The zero-order valence-corrected chi connectivity index (χ0v) is 12.7. The summed E-state index contributed by atoms with van der Waals surface area (Å²) in [6, 6.07) is 5.03. The number of rotatable bonds is 4. The van der Waals surface area contributed by atoms with Crippen LogP contribution in [0.15, 0.2) is 30.9 Å². The summed E-state index contributed by atoms with van der Waals surface area (Å²) < 4.78 is 30.9. The molecule has 0 fully saturated rings. The summed E-state index contributed by atoms with van der Waals surface area (Å²) in [5.74, 6) is -0.885. The maximum Gasteiger partial charge on any atom is 0.422 e.